The standard InChI is InChI=1S/C14H19N5O/c1-12(18-9-6-15-11-18)14(20)17-7-2-4-13(10-17)19-8-3-5-16-19/h3,5-6,8-9,11-13H,2,4,7,10H2,1H3/t12-,13+/m1/s1. The van der Waals surface area contributed by atoms with E-state index in [0.717, 1.165) is 25.9 Å². The van der Waals surface area contributed by atoms with Gasteiger partial charge in [0, 0.05) is 37.9 Å². The van der Waals surface area contributed by atoms with Gasteiger partial charge in [0.1, 0.15) is 6.04 Å². The molecule has 0 radical (unpaired) electrons. The SMILES string of the molecule is C[C@H](C(=O)N1CCC[C@H](n2cccn2)C1)n1ccnc1. The molecule has 0 N–H and O–H groups in total. The molecule has 0 aromatic carbocycles. The molecular formula is C14H19N5O. The predicted molar refractivity (Wildman–Crippen MR) is 74.0 cm³/mol. The van der Waals surface area contributed by atoms with Crippen molar-refractivity contribution in [2.45, 2.75) is 31.8 Å². The Hall–Kier alpha value is -2.11. The Balaban J connectivity index is 1.69. The lowest BCUT2D eigenvalue weighted by atomic mass is 10.1. The highest BCUT2D eigenvalue weighted by molar-refractivity contribution is 5.80. The van der Waals surface area contributed by atoms with Gasteiger partial charge in [0.25, 0.3) is 0 Å². The van der Waals surface area contributed by atoms with Crippen molar-refractivity contribution in [2.24, 2.45) is 0 Å². The summed E-state index contributed by atoms with van der Waals surface area (Å²) in [6, 6.07) is 2.01. The summed E-state index contributed by atoms with van der Waals surface area (Å²) in [5.74, 6) is 0.153. The third-order valence-electron chi connectivity index (χ3n) is 3.94. The first-order chi connectivity index (χ1) is 9.75. The zero-order valence-electron chi connectivity index (χ0n) is 11.6. The van der Waals surface area contributed by atoms with Gasteiger partial charge in [-0.05, 0) is 25.8 Å². The number of piperidine rings is 1. The fourth-order valence-corrected chi connectivity index (χ4v) is 2.76. The number of carbonyl (C=O) groups is 1. The molecule has 0 spiro atoms. The van der Waals surface area contributed by atoms with E-state index in [-0.39, 0.29) is 18.0 Å². The lowest BCUT2D eigenvalue weighted by Crippen LogP contribution is -2.43. The highest BCUT2D eigenvalue weighted by Crippen LogP contribution is 2.22. The summed E-state index contributed by atoms with van der Waals surface area (Å²) in [6.45, 7) is 3.48. The molecule has 1 fully saturated rings. The number of aromatic nitrogens is 4. The average Bonchev–Trinajstić information content (AvgIpc) is 3.18. The van der Waals surface area contributed by atoms with Crippen molar-refractivity contribution in [2.75, 3.05) is 13.1 Å². The highest BCUT2D eigenvalue weighted by Gasteiger charge is 2.28. The molecule has 2 atom stereocenters. The second-order valence-electron chi connectivity index (χ2n) is 5.25. The molecule has 1 aliphatic rings. The summed E-state index contributed by atoms with van der Waals surface area (Å²) in [7, 11) is 0. The quantitative estimate of drug-likeness (QED) is 0.851. The molecule has 106 valence electrons. The number of hydrogen-bond donors (Lipinski definition) is 0. The molecule has 1 aliphatic heterocycles. The van der Waals surface area contributed by atoms with E-state index < -0.39 is 0 Å². The first kappa shape index (κ1) is 12.9. The smallest absolute Gasteiger partial charge is 0.245 e. The van der Waals surface area contributed by atoms with Crippen molar-refractivity contribution in [1.29, 1.82) is 0 Å². The molecule has 20 heavy (non-hydrogen) atoms. The minimum atomic E-state index is -0.200. The van der Waals surface area contributed by atoms with E-state index in [1.807, 2.05) is 39.5 Å². The van der Waals surface area contributed by atoms with Crippen LogP contribution in [-0.2, 0) is 4.79 Å². The number of likely N-dealkylation sites (tertiary alicyclic amines) is 1. The van der Waals surface area contributed by atoms with Crippen molar-refractivity contribution in [3.63, 3.8) is 0 Å². The van der Waals surface area contributed by atoms with E-state index in [9.17, 15) is 4.79 Å². The number of hydrogen-bond acceptors (Lipinski definition) is 3. The van der Waals surface area contributed by atoms with Crippen LogP contribution in [0.15, 0.2) is 37.2 Å². The van der Waals surface area contributed by atoms with E-state index in [4.69, 9.17) is 0 Å². The van der Waals surface area contributed by atoms with Gasteiger partial charge in [0.05, 0.1) is 12.4 Å². The Morgan fingerprint density at radius 3 is 2.95 bits per heavy atom. The molecule has 2 aromatic heterocycles. The molecule has 3 rings (SSSR count). The van der Waals surface area contributed by atoms with Crippen LogP contribution >= 0.6 is 0 Å². The number of carbonyl (C=O) groups excluding carboxylic acids is 1. The normalized spacial score (nSPS) is 20.9. The first-order valence-corrected chi connectivity index (χ1v) is 7.01. The Labute approximate surface area is 118 Å². The Morgan fingerprint density at radius 2 is 2.25 bits per heavy atom. The van der Waals surface area contributed by atoms with Gasteiger partial charge < -0.3 is 9.47 Å². The van der Waals surface area contributed by atoms with Crippen LogP contribution in [0.5, 0.6) is 0 Å². The summed E-state index contributed by atoms with van der Waals surface area (Å²) in [6.07, 6.45) is 11.1. The zero-order chi connectivity index (χ0) is 13.9. The topological polar surface area (TPSA) is 56.0 Å². The van der Waals surface area contributed by atoms with Crippen molar-refractivity contribution < 1.29 is 4.79 Å². The fourth-order valence-electron chi connectivity index (χ4n) is 2.76. The van der Waals surface area contributed by atoms with E-state index in [2.05, 4.69) is 10.1 Å². The number of rotatable bonds is 3. The summed E-state index contributed by atoms with van der Waals surface area (Å²) in [4.78, 5) is 18.5. The summed E-state index contributed by atoms with van der Waals surface area (Å²) in [5.41, 5.74) is 0. The third-order valence-corrected chi connectivity index (χ3v) is 3.94. The number of imidazole rings is 1. The van der Waals surface area contributed by atoms with Gasteiger partial charge in [-0.2, -0.15) is 5.10 Å². The summed E-state index contributed by atoms with van der Waals surface area (Å²) in [5, 5.41) is 4.29. The monoisotopic (exact) mass is 273 g/mol. The molecule has 6 nitrogen and oxygen atoms in total. The maximum atomic E-state index is 12.6. The zero-order valence-corrected chi connectivity index (χ0v) is 11.6. The second kappa shape index (κ2) is 5.48. The van der Waals surface area contributed by atoms with Gasteiger partial charge in [-0.15, -0.1) is 0 Å². The van der Waals surface area contributed by atoms with E-state index >= 15 is 0 Å². The van der Waals surface area contributed by atoms with Crippen LogP contribution in [0.4, 0.5) is 0 Å². The van der Waals surface area contributed by atoms with Crippen molar-refractivity contribution in [3.05, 3.63) is 37.2 Å². The Bertz CT molecular complexity index is 548. The minimum Gasteiger partial charge on any atom is -0.339 e. The molecule has 6 heteroatoms. The predicted octanol–water partition coefficient (Wildman–Crippen LogP) is 1.50. The lowest BCUT2D eigenvalue weighted by molar-refractivity contribution is -0.136. The van der Waals surface area contributed by atoms with Crippen LogP contribution in [0.1, 0.15) is 31.8 Å². The lowest BCUT2D eigenvalue weighted by Gasteiger charge is -2.34. The van der Waals surface area contributed by atoms with E-state index in [1.165, 1.54) is 0 Å². The average molecular weight is 273 g/mol. The first-order valence-electron chi connectivity index (χ1n) is 7.01. The van der Waals surface area contributed by atoms with E-state index in [0.29, 0.717) is 0 Å². The van der Waals surface area contributed by atoms with Gasteiger partial charge >= 0.3 is 0 Å². The molecule has 1 amide bonds. The van der Waals surface area contributed by atoms with Gasteiger partial charge in [0.2, 0.25) is 5.91 Å². The summed E-state index contributed by atoms with van der Waals surface area (Å²) < 4.78 is 3.81. The van der Waals surface area contributed by atoms with Crippen LogP contribution in [-0.4, -0.2) is 43.2 Å². The maximum Gasteiger partial charge on any atom is 0.245 e. The van der Waals surface area contributed by atoms with E-state index in [1.54, 1.807) is 18.7 Å². The molecular weight excluding hydrogens is 254 g/mol. The van der Waals surface area contributed by atoms with Gasteiger partial charge in [-0.1, -0.05) is 0 Å². The molecule has 2 aromatic rings. The van der Waals surface area contributed by atoms with Crippen LogP contribution < -0.4 is 0 Å². The third kappa shape index (κ3) is 2.45. The highest BCUT2D eigenvalue weighted by atomic mass is 16.2. The van der Waals surface area contributed by atoms with Crippen molar-refractivity contribution in [3.8, 4) is 0 Å². The van der Waals surface area contributed by atoms with Crippen molar-refractivity contribution in [1.82, 2.24) is 24.2 Å². The number of nitrogens with zero attached hydrogens (tertiary/aromatic N) is 5. The van der Waals surface area contributed by atoms with Crippen LogP contribution in [0.3, 0.4) is 0 Å². The molecule has 1 saturated heterocycles. The second-order valence-corrected chi connectivity index (χ2v) is 5.25. The Kier molecular flexibility index (Phi) is 3.54. The fraction of sp³-hybridized carbons (Fsp3) is 0.500. The number of amides is 1. The maximum absolute atomic E-state index is 12.6. The largest absolute Gasteiger partial charge is 0.339 e. The van der Waals surface area contributed by atoms with Crippen molar-refractivity contribution >= 4 is 5.91 Å². The van der Waals surface area contributed by atoms with Crippen LogP contribution in [0, 0.1) is 0 Å². The molecule has 0 bridgehead atoms. The van der Waals surface area contributed by atoms with Gasteiger partial charge in [-0.25, -0.2) is 4.98 Å². The van der Waals surface area contributed by atoms with Gasteiger partial charge in [-0.3, -0.25) is 9.48 Å². The Morgan fingerprint density at radius 1 is 1.35 bits per heavy atom. The molecule has 3 heterocycles. The molecule has 0 unspecified atom stereocenters. The van der Waals surface area contributed by atoms with Crippen LogP contribution in [0.25, 0.3) is 0 Å². The molecule has 0 aliphatic carbocycles. The van der Waals surface area contributed by atoms with Crippen LogP contribution in [0.2, 0.25) is 0 Å². The minimum absolute atomic E-state index is 0.153. The summed E-state index contributed by atoms with van der Waals surface area (Å²) >= 11 is 0. The molecule has 0 saturated carbocycles. The van der Waals surface area contributed by atoms with Gasteiger partial charge in [0.15, 0.2) is 0 Å².